The molecule has 0 spiro atoms. The number of aromatic nitrogens is 3. The first-order valence-electron chi connectivity index (χ1n) is 7.65. The quantitative estimate of drug-likeness (QED) is 0.698. The maximum Gasteiger partial charge on any atom is 0.338 e. The van der Waals surface area contributed by atoms with E-state index in [9.17, 15) is 9.59 Å². The number of aromatic amines is 1. The lowest BCUT2D eigenvalue weighted by Crippen LogP contribution is -2.19. The minimum absolute atomic E-state index is 0.0610. The summed E-state index contributed by atoms with van der Waals surface area (Å²) in [5.41, 5.74) is 2.37. The van der Waals surface area contributed by atoms with Gasteiger partial charge in [-0.1, -0.05) is 23.8 Å². The molecule has 3 heterocycles. The number of carboxylic acid groups (broad SMARTS) is 1. The van der Waals surface area contributed by atoms with Crippen LogP contribution in [0.2, 0.25) is 5.02 Å². The van der Waals surface area contributed by atoms with Gasteiger partial charge in [-0.3, -0.25) is 9.78 Å². The molecular weight excluding hydrogens is 342 g/mol. The van der Waals surface area contributed by atoms with E-state index in [1.807, 2.05) is 32.1 Å². The number of nitrogens with one attached hydrogen (secondary N) is 1. The molecule has 25 heavy (non-hydrogen) atoms. The molecule has 0 saturated heterocycles. The van der Waals surface area contributed by atoms with Crippen LogP contribution in [0.4, 0.5) is 0 Å². The van der Waals surface area contributed by atoms with Crippen LogP contribution >= 0.6 is 11.6 Å². The van der Waals surface area contributed by atoms with Crippen LogP contribution in [0.1, 0.15) is 23.0 Å². The average molecular weight is 358 g/mol. The van der Waals surface area contributed by atoms with Crippen molar-refractivity contribution in [2.75, 3.05) is 0 Å². The molecule has 128 valence electrons. The van der Waals surface area contributed by atoms with E-state index in [1.165, 1.54) is 12.3 Å². The van der Waals surface area contributed by atoms with E-state index in [0.29, 0.717) is 23.3 Å². The summed E-state index contributed by atoms with van der Waals surface area (Å²) in [5, 5.41) is 9.93. The van der Waals surface area contributed by atoms with Crippen LogP contribution in [0.3, 0.4) is 0 Å². The fraction of sp³-hybridized carbons (Fsp3) is 0.167. The van der Waals surface area contributed by atoms with Gasteiger partial charge in [-0.15, -0.1) is 0 Å². The topological polar surface area (TPSA) is 88.0 Å². The van der Waals surface area contributed by atoms with E-state index < -0.39 is 5.97 Å². The van der Waals surface area contributed by atoms with Crippen molar-refractivity contribution in [1.29, 1.82) is 0 Å². The Hall–Kier alpha value is -2.86. The van der Waals surface area contributed by atoms with Crippen LogP contribution in [0.25, 0.3) is 22.2 Å². The third-order valence-corrected chi connectivity index (χ3v) is 4.21. The standard InChI is InChI=1S/C18H16ClN3O3/c1-3-4-5-22-9-13(11-6-10(2)21-16(11)17(22)23)15-7-14(19)12(8-20-15)18(24)25/h3-4,6-9,21H,5H2,1-2H3,(H,24,25). The lowest BCUT2D eigenvalue weighted by molar-refractivity contribution is 0.0696. The molecule has 0 aromatic carbocycles. The van der Waals surface area contributed by atoms with E-state index in [0.717, 1.165) is 11.1 Å². The van der Waals surface area contributed by atoms with Gasteiger partial charge >= 0.3 is 5.97 Å². The molecule has 0 amide bonds. The minimum Gasteiger partial charge on any atom is -0.478 e. The highest BCUT2D eigenvalue weighted by atomic mass is 35.5. The number of carbonyl (C=O) groups is 1. The molecule has 3 aromatic heterocycles. The Kier molecular flexibility index (Phi) is 4.46. The molecule has 2 N–H and O–H groups in total. The van der Waals surface area contributed by atoms with Crippen LogP contribution < -0.4 is 5.56 Å². The van der Waals surface area contributed by atoms with Crippen LogP contribution in [0, 0.1) is 6.92 Å². The molecule has 0 unspecified atom stereocenters. The Morgan fingerprint density at radius 3 is 2.84 bits per heavy atom. The zero-order valence-corrected chi connectivity index (χ0v) is 14.5. The summed E-state index contributed by atoms with van der Waals surface area (Å²) in [4.78, 5) is 31.0. The molecule has 0 radical (unpaired) electrons. The van der Waals surface area contributed by atoms with Crippen LogP contribution in [0.5, 0.6) is 0 Å². The first-order chi connectivity index (χ1) is 11.9. The average Bonchev–Trinajstić information content (AvgIpc) is 2.96. The number of hydrogen-bond donors (Lipinski definition) is 2. The van der Waals surface area contributed by atoms with Gasteiger partial charge in [0.25, 0.3) is 5.56 Å². The number of fused-ring (bicyclic) bond motifs is 1. The van der Waals surface area contributed by atoms with Crippen LogP contribution in [0.15, 0.2) is 41.5 Å². The number of pyridine rings is 2. The number of allylic oxidation sites excluding steroid dienone is 2. The summed E-state index contributed by atoms with van der Waals surface area (Å²) in [6.07, 6.45) is 6.69. The SMILES string of the molecule is CC=CCn1cc(-c2cc(Cl)c(C(=O)O)cn2)c2cc(C)[nH]c2c1=O. The summed E-state index contributed by atoms with van der Waals surface area (Å²) >= 11 is 6.08. The van der Waals surface area contributed by atoms with Gasteiger partial charge in [0, 0.05) is 35.6 Å². The van der Waals surface area contributed by atoms with E-state index in [2.05, 4.69) is 9.97 Å². The van der Waals surface area contributed by atoms with Crippen molar-refractivity contribution in [3.63, 3.8) is 0 Å². The molecule has 0 aliphatic rings. The van der Waals surface area contributed by atoms with E-state index in [4.69, 9.17) is 16.7 Å². The van der Waals surface area contributed by atoms with E-state index >= 15 is 0 Å². The number of aryl methyl sites for hydroxylation is 1. The summed E-state index contributed by atoms with van der Waals surface area (Å²) < 4.78 is 1.58. The predicted molar refractivity (Wildman–Crippen MR) is 97.3 cm³/mol. The van der Waals surface area contributed by atoms with Crippen molar-refractivity contribution >= 4 is 28.5 Å². The summed E-state index contributed by atoms with van der Waals surface area (Å²) in [7, 11) is 0. The Morgan fingerprint density at radius 1 is 1.44 bits per heavy atom. The second-order valence-corrected chi connectivity index (χ2v) is 6.07. The monoisotopic (exact) mass is 357 g/mol. The van der Waals surface area contributed by atoms with Crippen molar-refractivity contribution in [2.24, 2.45) is 0 Å². The van der Waals surface area contributed by atoms with Crippen molar-refractivity contribution < 1.29 is 9.90 Å². The third-order valence-electron chi connectivity index (χ3n) is 3.90. The van der Waals surface area contributed by atoms with Crippen LogP contribution in [-0.2, 0) is 6.54 Å². The van der Waals surface area contributed by atoms with Gasteiger partial charge in [0.15, 0.2) is 0 Å². The number of rotatable bonds is 4. The lowest BCUT2D eigenvalue weighted by Gasteiger charge is -2.09. The molecule has 0 aliphatic heterocycles. The van der Waals surface area contributed by atoms with Gasteiger partial charge in [-0.05, 0) is 26.0 Å². The number of nitrogens with zero attached hydrogens (tertiary/aromatic N) is 2. The normalized spacial score (nSPS) is 11.5. The first kappa shape index (κ1) is 17.0. The summed E-state index contributed by atoms with van der Waals surface area (Å²) in [5.74, 6) is -1.13. The van der Waals surface area contributed by atoms with Gasteiger partial charge in [-0.2, -0.15) is 0 Å². The van der Waals surface area contributed by atoms with Gasteiger partial charge < -0.3 is 14.7 Å². The Bertz CT molecular complexity index is 1060. The minimum atomic E-state index is -1.13. The maximum absolute atomic E-state index is 12.6. The fourth-order valence-corrected chi connectivity index (χ4v) is 2.93. The number of hydrogen-bond acceptors (Lipinski definition) is 3. The second kappa shape index (κ2) is 6.57. The second-order valence-electron chi connectivity index (χ2n) is 5.66. The molecule has 0 fully saturated rings. The molecular formula is C18H16ClN3O3. The van der Waals surface area contributed by atoms with Gasteiger partial charge in [0.05, 0.1) is 16.3 Å². The van der Waals surface area contributed by atoms with Gasteiger partial charge in [0.2, 0.25) is 0 Å². The van der Waals surface area contributed by atoms with Crippen LogP contribution in [-0.4, -0.2) is 25.6 Å². The van der Waals surface area contributed by atoms with Gasteiger partial charge in [-0.25, -0.2) is 4.79 Å². The van der Waals surface area contributed by atoms with Crippen molar-refractivity contribution in [1.82, 2.24) is 14.5 Å². The zero-order chi connectivity index (χ0) is 18.1. The summed E-state index contributed by atoms with van der Waals surface area (Å²) in [6, 6.07) is 3.37. The lowest BCUT2D eigenvalue weighted by atomic mass is 10.1. The van der Waals surface area contributed by atoms with E-state index in [1.54, 1.807) is 10.8 Å². The highest BCUT2D eigenvalue weighted by molar-refractivity contribution is 6.33. The number of H-pyrrole nitrogens is 1. The number of halogens is 1. The fourth-order valence-electron chi connectivity index (χ4n) is 2.69. The predicted octanol–water partition coefficient (Wildman–Crippen LogP) is 3.63. The maximum atomic E-state index is 12.6. The molecule has 6 nitrogen and oxygen atoms in total. The Morgan fingerprint density at radius 2 is 2.20 bits per heavy atom. The van der Waals surface area contributed by atoms with Crippen molar-refractivity contribution in [3.05, 3.63) is 63.3 Å². The Balaban J connectivity index is 2.28. The van der Waals surface area contributed by atoms with Crippen molar-refractivity contribution in [2.45, 2.75) is 20.4 Å². The van der Waals surface area contributed by atoms with Gasteiger partial charge in [0.1, 0.15) is 5.52 Å². The van der Waals surface area contributed by atoms with E-state index in [-0.39, 0.29) is 16.1 Å². The Labute approximate surface area is 148 Å². The first-order valence-corrected chi connectivity index (χ1v) is 8.03. The molecule has 0 atom stereocenters. The highest BCUT2D eigenvalue weighted by Crippen LogP contribution is 2.29. The molecule has 0 saturated carbocycles. The summed E-state index contributed by atoms with van der Waals surface area (Å²) in [6.45, 7) is 4.18. The highest BCUT2D eigenvalue weighted by Gasteiger charge is 2.16. The smallest absolute Gasteiger partial charge is 0.338 e. The molecule has 0 aliphatic carbocycles. The zero-order valence-electron chi connectivity index (χ0n) is 13.7. The number of carboxylic acids is 1. The largest absolute Gasteiger partial charge is 0.478 e. The van der Waals surface area contributed by atoms with Crippen molar-refractivity contribution in [3.8, 4) is 11.3 Å². The molecule has 0 bridgehead atoms. The third kappa shape index (κ3) is 3.08. The molecule has 7 heteroatoms. The molecule has 3 rings (SSSR count). The number of aromatic carboxylic acids is 1. The molecule has 3 aromatic rings.